The van der Waals surface area contributed by atoms with Crippen molar-refractivity contribution in [1.29, 1.82) is 0 Å². The van der Waals surface area contributed by atoms with Gasteiger partial charge in [-0.05, 0) is 35.7 Å². The molecule has 35 heavy (non-hydrogen) atoms. The summed E-state index contributed by atoms with van der Waals surface area (Å²) in [5.74, 6) is 0.324. The van der Waals surface area contributed by atoms with Gasteiger partial charge in [-0.15, -0.1) is 10.2 Å². The Morgan fingerprint density at radius 3 is 2.57 bits per heavy atom. The Hall–Kier alpha value is -4.27. The fraction of sp³-hybridized carbons (Fsp3) is 0.269. The van der Waals surface area contributed by atoms with Gasteiger partial charge in [0.15, 0.2) is 11.5 Å². The number of aryl methyl sites for hydroxylation is 1. The molecule has 1 aromatic carbocycles. The molecular formula is C26H27N5O4. The molecule has 0 radical (unpaired) electrons. The third-order valence-corrected chi connectivity index (χ3v) is 5.81. The van der Waals surface area contributed by atoms with Gasteiger partial charge in [0.05, 0.1) is 6.20 Å². The zero-order valence-corrected chi connectivity index (χ0v) is 19.3. The number of rotatable bonds is 8. The van der Waals surface area contributed by atoms with Crippen LogP contribution in [0.15, 0.2) is 67.5 Å². The molecule has 180 valence electrons. The van der Waals surface area contributed by atoms with E-state index in [1.165, 1.54) is 12.3 Å². The lowest BCUT2D eigenvalue weighted by atomic mass is 9.97. The van der Waals surface area contributed by atoms with Crippen molar-refractivity contribution in [3.8, 4) is 16.9 Å². The van der Waals surface area contributed by atoms with Gasteiger partial charge < -0.3 is 19.6 Å². The van der Waals surface area contributed by atoms with E-state index in [-0.39, 0.29) is 24.0 Å². The number of benzene rings is 1. The molecule has 1 aliphatic heterocycles. The molecule has 0 unspecified atom stereocenters. The van der Waals surface area contributed by atoms with Crippen LogP contribution in [0.5, 0.6) is 5.75 Å². The van der Waals surface area contributed by atoms with Crippen LogP contribution in [-0.4, -0.2) is 69.9 Å². The lowest BCUT2D eigenvalue weighted by Gasteiger charge is -2.35. The van der Waals surface area contributed by atoms with Gasteiger partial charge in [0.25, 0.3) is 0 Å². The standard InChI is InChI=1S/C26H27N5O4/c1-2-15-35-26(34)23-8-9-24(29-28-23)30-11-13-31(14-12-30)25(33)10-7-19-5-3-4-6-22(19)20-16-21(32)18-27-17-20/h2-6,8-9,16-18,32H,1,7,10-15H2. The van der Waals surface area contributed by atoms with E-state index in [1.807, 2.05) is 34.1 Å². The second kappa shape index (κ2) is 11.2. The number of esters is 1. The molecule has 0 bridgehead atoms. The third kappa shape index (κ3) is 6.00. The number of anilines is 1. The maximum absolute atomic E-state index is 12.9. The minimum atomic E-state index is -0.540. The number of carbonyl (C=O) groups is 2. The molecule has 3 aromatic rings. The van der Waals surface area contributed by atoms with Crippen LogP contribution in [0, 0.1) is 0 Å². The van der Waals surface area contributed by atoms with Crippen LogP contribution >= 0.6 is 0 Å². The van der Waals surface area contributed by atoms with Crippen molar-refractivity contribution in [3.05, 3.63) is 78.8 Å². The van der Waals surface area contributed by atoms with Crippen molar-refractivity contribution in [2.75, 3.05) is 37.7 Å². The Kier molecular flexibility index (Phi) is 7.67. The second-order valence-electron chi connectivity index (χ2n) is 8.12. The molecule has 3 heterocycles. The van der Waals surface area contributed by atoms with Crippen LogP contribution in [0.1, 0.15) is 22.5 Å². The van der Waals surface area contributed by atoms with Crippen LogP contribution in [-0.2, 0) is 16.0 Å². The van der Waals surface area contributed by atoms with Gasteiger partial charge in [-0.3, -0.25) is 9.78 Å². The Labute approximate surface area is 203 Å². The number of nitrogens with zero attached hydrogens (tertiary/aromatic N) is 5. The molecule has 2 aromatic heterocycles. The van der Waals surface area contributed by atoms with Crippen LogP contribution in [0.3, 0.4) is 0 Å². The first-order valence-electron chi connectivity index (χ1n) is 11.4. The summed E-state index contributed by atoms with van der Waals surface area (Å²) in [6, 6.07) is 12.9. The predicted octanol–water partition coefficient (Wildman–Crippen LogP) is 2.87. The molecule has 1 amide bonds. The Morgan fingerprint density at radius 2 is 1.86 bits per heavy atom. The maximum atomic E-state index is 12.9. The molecular weight excluding hydrogens is 446 g/mol. The summed E-state index contributed by atoms with van der Waals surface area (Å²) in [6.07, 6.45) is 5.59. The summed E-state index contributed by atoms with van der Waals surface area (Å²) >= 11 is 0. The lowest BCUT2D eigenvalue weighted by Crippen LogP contribution is -2.49. The first-order valence-corrected chi connectivity index (χ1v) is 11.4. The topological polar surface area (TPSA) is 109 Å². The zero-order chi connectivity index (χ0) is 24.6. The third-order valence-electron chi connectivity index (χ3n) is 5.81. The number of aromatic nitrogens is 3. The van der Waals surface area contributed by atoms with Gasteiger partial charge in [-0.2, -0.15) is 0 Å². The molecule has 0 aliphatic carbocycles. The van der Waals surface area contributed by atoms with Crippen LogP contribution in [0.25, 0.3) is 11.1 Å². The first-order chi connectivity index (χ1) is 17.0. The summed E-state index contributed by atoms with van der Waals surface area (Å²) in [5.41, 5.74) is 2.96. The second-order valence-corrected chi connectivity index (χ2v) is 8.12. The number of ether oxygens (including phenoxy) is 1. The normalized spacial score (nSPS) is 13.4. The summed E-state index contributed by atoms with van der Waals surface area (Å²) in [7, 11) is 0. The summed E-state index contributed by atoms with van der Waals surface area (Å²) in [5, 5.41) is 17.9. The van der Waals surface area contributed by atoms with Gasteiger partial charge in [-0.1, -0.05) is 36.9 Å². The van der Waals surface area contributed by atoms with Crippen molar-refractivity contribution in [2.45, 2.75) is 12.8 Å². The number of pyridine rings is 1. The van der Waals surface area contributed by atoms with E-state index in [9.17, 15) is 14.7 Å². The Morgan fingerprint density at radius 1 is 1.06 bits per heavy atom. The largest absolute Gasteiger partial charge is 0.506 e. The van der Waals surface area contributed by atoms with E-state index >= 15 is 0 Å². The smallest absolute Gasteiger partial charge is 0.359 e. The monoisotopic (exact) mass is 473 g/mol. The predicted molar refractivity (Wildman–Crippen MR) is 131 cm³/mol. The van der Waals surface area contributed by atoms with Crippen LogP contribution < -0.4 is 4.90 Å². The average molecular weight is 474 g/mol. The van der Waals surface area contributed by atoms with Crippen molar-refractivity contribution < 1.29 is 19.4 Å². The summed E-state index contributed by atoms with van der Waals surface area (Å²) in [4.78, 5) is 32.7. The molecule has 9 nitrogen and oxygen atoms in total. The highest BCUT2D eigenvalue weighted by atomic mass is 16.5. The van der Waals surface area contributed by atoms with Crippen molar-refractivity contribution in [2.24, 2.45) is 0 Å². The van der Waals surface area contributed by atoms with Crippen molar-refractivity contribution in [1.82, 2.24) is 20.1 Å². The molecule has 9 heteroatoms. The molecule has 0 spiro atoms. The highest BCUT2D eigenvalue weighted by Crippen LogP contribution is 2.26. The van der Waals surface area contributed by atoms with E-state index in [1.54, 1.807) is 24.4 Å². The van der Waals surface area contributed by atoms with Crippen LogP contribution in [0.4, 0.5) is 5.82 Å². The highest BCUT2D eigenvalue weighted by molar-refractivity contribution is 5.87. The number of piperazine rings is 1. The minimum Gasteiger partial charge on any atom is -0.506 e. The minimum absolute atomic E-state index is 0.0971. The van der Waals surface area contributed by atoms with Crippen LogP contribution in [0.2, 0.25) is 0 Å². The zero-order valence-electron chi connectivity index (χ0n) is 19.3. The summed E-state index contributed by atoms with van der Waals surface area (Å²) in [6.45, 7) is 6.06. The molecule has 0 saturated carbocycles. The Balaban J connectivity index is 1.30. The number of amides is 1. The number of hydrogen-bond donors (Lipinski definition) is 1. The van der Waals surface area contributed by atoms with E-state index in [0.717, 1.165) is 16.7 Å². The van der Waals surface area contributed by atoms with E-state index in [4.69, 9.17) is 4.74 Å². The van der Waals surface area contributed by atoms with Gasteiger partial charge >= 0.3 is 5.97 Å². The number of aromatic hydroxyl groups is 1. The molecule has 4 rings (SSSR count). The van der Waals surface area contributed by atoms with Gasteiger partial charge in [0, 0.05) is 44.4 Å². The fourth-order valence-electron chi connectivity index (χ4n) is 3.99. The SMILES string of the molecule is C=CCOC(=O)c1ccc(N2CCN(C(=O)CCc3ccccc3-c3cncc(O)c3)CC2)nn1. The van der Waals surface area contributed by atoms with E-state index < -0.39 is 5.97 Å². The quantitative estimate of drug-likeness (QED) is 0.393. The Bertz CT molecular complexity index is 1190. The highest BCUT2D eigenvalue weighted by Gasteiger charge is 2.22. The molecule has 1 fully saturated rings. The van der Waals surface area contributed by atoms with Gasteiger partial charge in [0.2, 0.25) is 5.91 Å². The molecule has 1 N–H and O–H groups in total. The number of carbonyl (C=O) groups excluding carboxylic acids is 2. The molecule has 1 aliphatic rings. The number of hydrogen-bond acceptors (Lipinski definition) is 8. The van der Waals surface area contributed by atoms with Crippen molar-refractivity contribution >= 4 is 17.7 Å². The summed E-state index contributed by atoms with van der Waals surface area (Å²) < 4.78 is 4.96. The van der Waals surface area contributed by atoms with Gasteiger partial charge in [0.1, 0.15) is 12.4 Å². The van der Waals surface area contributed by atoms with Crippen molar-refractivity contribution in [3.63, 3.8) is 0 Å². The van der Waals surface area contributed by atoms with E-state index in [0.29, 0.717) is 44.8 Å². The lowest BCUT2D eigenvalue weighted by molar-refractivity contribution is -0.131. The first kappa shape index (κ1) is 23.9. The molecule has 1 saturated heterocycles. The molecule has 0 atom stereocenters. The average Bonchev–Trinajstić information content (AvgIpc) is 2.90. The fourth-order valence-corrected chi connectivity index (χ4v) is 3.99. The van der Waals surface area contributed by atoms with Gasteiger partial charge in [-0.25, -0.2) is 4.79 Å². The maximum Gasteiger partial charge on any atom is 0.359 e. The van der Waals surface area contributed by atoms with E-state index in [2.05, 4.69) is 21.8 Å².